The van der Waals surface area contributed by atoms with Crippen molar-refractivity contribution in [2.24, 2.45) is 5.92 Å². The fourth-order valence-electron chi connectivity index (χ4n) is 3.72. The minimum Gasteiger partial charge on any atom is -0.383 e. The summed E-state index contributed by atoms with van der Waals surface area (Å²) in [6, 6.07) is 0. The minimum atomic E-state index is 0.0484. The van der Waals surface area contributed by atoms with Gasteiger partial charge in [-0.2, -0.15) is 0 Å². The number of hydrogen-bond donors (Lipinski definition) is 1. The van der Waals surface area contributed by atoms with E-state index in [0.29, 0.717) is 11.8 Å². The molecule has 2 bridgehead atoms. The number of ether oxygens (including phenoxy) is 1. The molecule has 4 heterocycles. The van der Waals surface area contributed by atoms with Gasteiger partial charge >= 0.3 is 0 Å². The zero-order chi connectivity index (χ0) is 14.9. The zero-order valence-corrected chi connectivity index (χ0v) is 14.2. The summed E-state index contributed by atoms with van der Waals surface area (Å²) in [5.74, 6) is 1.22. The maximum absolute atomic E-state index is 5.24. The van der Waals surface area contributed by atoms with Crippen molar-refractivity contribution in [1.29, 1.82) is 0 Å². The first-order valence-corrected chi connectivity index (χ1v) is 8.96. The molecule has 5 heteroatoms. The van der Waals surface area contributed by atoms with E-state index < -0.39 is 0 Å². The summed E-state index contributed by atoms with van der Waals surface area (Å²) >= 11 is 1.84. The van der Waals surface area contributed by atoms with Crippen molar-refractivity contribution in [3.8, 4) is 0 Å². The van der Waals surface area contributed by atoms with Gasteiger partial charge in [0.1, 0.15) is 5.01 Å². The molecule has 4 nitrogen and oxygen atoms in total. The molecule has 3 aliphatic heterocycles. The van der Waals surface area contributed by atoms with Crippen LogP contribution in [0.5, 0.6) is 0 Å². The van der Waals surface area contributed by atoms with Gasteiger partial charge in [0.25, 0.3) is 0 Å². The van der Waals surface area contributed by atoms with Crippen LogP contribution < -0.4 is 5.32 Å². The predicted molar refractivity (Wildman–Crippen MR) is 86.9 cm³/mol. The van der Waals surface area contributed by atoms with Crippen LogP contribution >= 0.6 is 11.3 Å². The number of thiazole rings is 1. The highest BCUT2D eigenvalue weighted by Crippen LogP contribution is 2.43. The standard InChI is InChI=1S/C16H27N3OS/c1-12(2)14-10-21-15(18-14)16(17-6-9-20-3)11-19-7-4-13(16)5-8-19/h10,12-13,17H,4-9,11H2,1-3H3. The fourth-order valence-corrected chi connectivity index (χ4v) is 4.95. The van der Waals surface area contributed by atoms with E-state index in [0.717, 1.165) is 19.7 Å². The smallest absolute Gasteiger partial charge is 0.115 e. The molecule has 1 unspecified atom stereocenters. The van der Waals surface area contributed by atoms with Gasteiger partial charge in [-0.05, 0) is 37.8 Å². The van der Waals surface area contributed by atoms with Gasteiger partial charge < -0.3 is 15.0 Å². The fraction of sp³-hybridized carbons (Fsp3) is 0.812. The SMILES string of the molecule is COCCNC1(c2nc(C(C)C)cs2)CN2CCC1CC2. The van der Waals surface area contributed by atoms with E-state index in [4.69, 9.17) is 9.72 Å². The number of aromatic nitrogens is 1. The molecule has 0 aliphatic carbocycles. The highest BCUT2D eigenvalue weighted by Gasteiger charge is 2.49. The van der Waals surface area contributed by atoms with E-state index in [1.165, 1.54) is 36.6 Å². The molecule has 3 aliphatic rings. The zero-order valence-electron chi connectivity index (χ0n) is 13.4. The average Bonchev–Trinajstić information content (AvgIpc) is 2.99. The summed E-state index contributed by atoms with van der Waals surface area (Å²) in [7, 11) is 1.77. The van der Waals surface area contributed by atoms with Crippen LogP contribution in [0, 0.1) is 5.92 Å². The van der Waals surface area contributed by atoms with Crippen LogP contribution in [0.1, 0.15) is 43.3 Å². The Morgan fingerprint density at radius 3 is 2.76 bits per heavy atom. The van der Waals surface area contributed by atoms with E-state index in [1.54, 1.807) is 7.11 Å². The number of piperidine rings is 3. The topological polar surface area (TPSA) is 37.4 Å². The second-order valence-electron chi connectivity index (χ2n) is 6.67. The minimum absolute atomic E-state index is 0.0484. The number of hydrogen-bond acceptors (Lipinski definition) is 5. The molecule has 1 aromatic rings. The lowest BCUT2D eigenvalue weighted by atomic mass is 9.73. The summed E-state index contributed by atoms with van der Waals surface area (Å²) < 4.78 is 5.24. The average molecular weight is 309 g/mol. The highest BCUT2D eigenvalue weighted by atomic mass is 32.1. The first-order chi connectivity index (χ1) is 10.2. The van der Waals surface area contributed by atoms with Crippen LogP contribution in [0.25, 0.3) is 0 Å². The molecule has 1 N–H and O–H groups in total. The largest absolute Gasteiger partial charge is 0.383 e. The van der Waals surface area contributed by atoms with Crippen molar-refractivity contribution in [2.75, 3.05) is 39.9 Å². The van der Waals surface area contributed by atoms with Crippen LogP contribution in [-0.2, 0) is 10.3 Å². The lowest BCUT2D eigenvalue weighted by Gasteiger charge is -2.52. The van der Waals surface area contributed by atoms with E-state index in [9.17, 15) is 0 Å². The molecule has 0 aromatic carbocycles. The summed E-state index contributed by atoms with van der Waals surface area (Å²) in [5, 5.41) is 7.35. The van der Waals surface area contributed by atoms with Gasteiger partial charge in [-0.1, -0.05) is 13.8 Å². The van der Waals surface area contributed by atoms with Crippen LogP contribution in [0.2, 0.25) is 0 Å². The molecule has 118 valence electrons. The molecule has 3 saturated heterocycles. The summed E-state index contributed by atoms with van der Waals surface area (Å²) in [6.45, 7) is 9.71. The van der Waals surface area contributed by atoms with Gasteiger partial charge in [-0.3, -0.25) is 0 Å². The molecule has 0 spiro atoms. The van der Waals surface area contributed by atoms with Gasteiger partial charge in [-0.25, -0.2) is 4.98 Å². The van der Waals surface area contributed by atoms with Gasteiger partial charge in [-0.15, -0.1) is 11.3 Å². The normalized spacial score (nSPS) is 32.0. The number of rotatable bonds is 6. The van der Waals surface area contributed by atoms with Crippen molar-refractivity contribution in [3.63, 3.8) is 0 Å². The number of fused-ring (bicyclic) bond motifs is 3. The number of nitrogens with one attached hydrogen (secondary N) is 1. The molecule has 21 heavy (non-hydrogen) atoms. The summed E-state index contributed by atoms with van der Waals surface area (Å²) in [4.78, 5) is 7.59. The number of nitrogens with zero attached hydrogens (tertiary/aromatic N) is 2. The molecule has 3 fully saturated rings. The molecule has 0 radical (unpaired) electrons. The predicted octanol–water partition coefficient (Wildman–Crippen LogP) is 2.42. The first kappa shape index (κ1) is 15.4. The van der Waals surface area contributed by atoms with Gasteiger partial charge in [0.2, 0.25) is 0 Å². The molecule has 1 atom stereocenters. The molecular weight excluding hydrogens is 282 g/mol. The maximum Gasteiger partial charge on any atom is 0.115 e. The third-order valence-corrected chi connectivity index (χ3v) is 6.04. The van der Waals surface area contributed by atoms with E-state index in [-0.39, 0.29) is 5.54 Å². The van der Waals surface area contributed by atoms with Crippen LogP contribution in [0.15, 0.2) is 5.38 Å². The Kier molecular flexibility index (Phi) is 4.64. The molecule has 4 rings (SSSR count). The lowest BCUT2D eigenvalue weighted by Crippen LogP contribution is -2.64. The first-order valence-electron chi connectivity index (χ1n) is 8.08. The molecule has 0 amide bonds. The quantitative estimate of drug-likeness (QED) is 0.819. The van der Waals surface area contributed by atoms with E-state index >= 15 is 0 Å². The highest BCUT2D eigenvalue weighted by molar-refractivity contribution is 7.09. The second-order valence-corrected chi connectivity index (χ2v) is 7.53. The van der Waals surface area contributed by atoms with Crippen LogP contribution in [0.4, 0.5) is 0 Å². The Morgan fingerprint density at radius 1 is 1.48 bits per heavy atom. The Morgan fingerprint density at radius 2 is 2.24 bits per heavy atom. The van der Waals surface area contributed by atoms with Crippen molar-refractivity contribution in [2.45, 2.75) is 38.1 Å². The second kappa shape index (κ2) is 6.32. The Bertz CT molecular complexity index is 468. The maximum atomic E-state index is 5.24. The Labute approximate surface area is 131 Å². The molecule has 1 aromatic heterocycles. The summed E-state index contributed by atoms with van der Waals surface area (Å²) in [6.07, 6.45) is 2.58. The van der Waals surface area contributed by atoms with E-state index in [1.807, 2.05) is 11.3 Å². The van der Waals surface area contributed by atoms with Gasteiger partial charge in [0.15, 0.2) is 0 Å². The van der Waals surface area contributed by atoms with Gasteiger partial charge in [0.05, 0.1) is 17.8 Å². The monoisotopic (exact) mass is 309 g/mol. The lowest BCUT2D eigenvalue weighted by molar-refractivity contribution is -0.000270. The van der Waals surface area contributed by atoms with Crippen molar-refractivity contribution >= 4 is 11.3 Å². The Hall–Kier alpha value is -0.490. The summed E-state index contributed by atoms with van der Waals surface area (Å²) in [5.41, 5.74) is 1.28. The van der Waals surface area contributed by atoms with Crippen molar-refractivity contribution in [1.82, 2.24) is 15.2 Å². The molecule has 0 saturated carbocycles. The number of methoxy groups -OCH3 is 1. The van der Waals surface area contributed by atoms with Crippen LogP contribution in [0.3, 0.4) is 0 Å². The van der Waals surface area contributed by atoms with Crippen LogP contribution in [-0.4, -0.2) is 49.8 Å². The van der Waals surface area contributed by atoms with Crippen molar-refractivity contribution in [3.05, 3.63) is 16.1 Å². The molecular formula is C16H27N3OS. The Balaban J connectivity index is 1.87. The third-order valence-electron chi connectivity index (χ3n) is 5.00. The van der Waals surface area contributed by atoms with E-state index in [2.05, 4.69) is 29.4 Å². The van der Waals surface area contributed by atoms with Gasteiger partial charge in [0, 0.05) is 25.6 Å². The third kappa shape index (κ3) is 2.89. The van der Waals surface area contributed by atoms with Crippen molar-refractivity contribution < 1.29 is 4.74 Å².